The van der Waals surface area contributed by atoms with Crippen molar-refractivity contribution in [1.82, 2.24) is 0 Å². The van der Waals surface area contributed by atoms with Crippen LogP contribution in [-0.4, -0.2) is 0 Å². The lowest BCUT2D eigenvalue weighted by atomic mass is 9.96. The van der Waals surface area contributed by atoms with Gasteiger partial charge in [-0.3, -0.25) is 0 Å². The maximum Gasteiger partial charge on any atom is 0.0384 e. The van der Waals surface area contributed by atoms with E-state index in [-0.39, 0.29) is 0 Å². The third-order valence-electron chi connectivity index (χ3n) is 7.42. The molecule has 0 aliphatic carbocycles. The van der Waals surface area contributed by atoms with E-state index in [0.717, 1.165) is 11.4 Å². The van der Waals surface area contributed by atoms with Crippen molar-refractivity contribution in [3.8, 4) is 33.4 Å². The summed E-state index contributed by atoms with van der Waals surface area (Å²) in [5, 5.41) is 8.57. The Bertz CT molecular complexity index is 1900. The van der Waals surface area contributed by atoms with Crippen LogP contribution in [0.1, 0.15) is 0 Å². The van der Waals surface area contributed by atoms with E-state index in [1.54, 1.807) is 0 Å². The molecule has 184 valence electrons. The first-order valence-electron chi connectivity index (χ1n) is 13.3. The number of fused-ring (bicyclic) bond motifs is 2. The van der Waals surface area contributed by atoms with E-state index >= 15 is 0 Å². The monoisotopic (exact) mass is 497 g/mol. The zero-order valence-electron chi connectivity index (χ0n) is 21.5. The van der Waals surface area contributed by atoms with Gasteiger partial charge in [0.25, 0.3) is 0 Å². The highest BCUT2D eigenvalue weighted by atomic mass is 14.9. The van der Waals surface area contributed by atoms with Gasteiger partial charge in [0.2, 0.25) is 0 Å². The van der Waals surface area contributed by atoms with Gasteiger partial charge in [-0.1, -0.05) is 115 Å². The van der Waals surface area contributed by atoms with Crippen LogP contribution in [0.25, 0.3) is 54.9 Å². The highest BCUT2D eigenvalue weighted by Crippen LogP contribution is 2.31. The van der Waals surface area contributed by atoms with Crippen molar-refractivity contribution in [2.45, 2.75) is 0 Å². The van der Waals surface area contributed by atoms with E-state index in [9.17, 15) is 0 Å². The second-order valence-corrected chi connectivity index (χ2v) is 9.98. The number of benzene rings is 7. The Labute approximate surface area is 229 Å². The first-order chi connectivity index (χ1) is 19.3. The minimum Gasteiger partial charge on any atom is -0.356 e. The molecule has 7 aromatic carbocycles. The van der Waals surface area contributed by atoms with Crippen LogP contribution >= 0.6 is 0 Å². The molecule has 1 nitrogen and oxygen atoms in total. The van der Waals surface area contributed by atoms with E-state index in [1.807, 2.05) is 6.07 Å². The van der Waals surface area contributed by atoms with Crippen LogP contribution in [0.2, 0.25) is 0 Å². The van der Waals surface area contributed by atoms with Gasteiger partial charge in [-0.2, -0.15) is 0 Å². The maximum absolute atomic E-state index is 3.52. The lowest BCUT2D eigenvalue weighted by Crippen LogP contribution is -1.90. The fraction of sp³-hybridized carbons (Fsp3) is 0. The number of hydrogen-bond acceptors (Lipinski definition) is 1. The molecule has 0 unspecified atom stereocenters. The molecule has 39 heavy (non-hydrogen) atoms. The van der Waals surface area contributed by atoms with Crippen LogP contribution in [0.3, 0.4) is 0 Å². The lowest BCUT2D eigenvalue weighted by molar-refractivity contribution is 1.54. The molecule has 7 aromatic rings. The summed E-state index contributed by atoms with van der Waals surface area (Å²) in [5.74, 6) is 0. The number of hydrogen-bond donors (Lipinski definition) is 1. The van der Waals surface area contributed by atoms with E-state index in [4.69, 9.17) is 0 Å². The molecule has 7 rings (SSSR count). The summed E-state index contributed by atoms with van der Waals surface area (Å²) in [6, 6.07) is 56.4. The second-order valence-electron chi connectivity index (χ2n) is 9.98. The van der Waals surface area contributed by atoms with E-state index in [0.29, 0.717) is 0 Å². The molecule has 1 heteroatoms. The molecule has 0 radical (unpaired) electrons. The molecule has 0 fully saturated rings. The summed E-state index contributed by atoms with van der Waals surface area (Å²) in [6.45, 7) is 0. The number of nitrogens with one attached hydrogen (secondary N) is 1. The molecular weight excluding hydrogens is 470 g/mol. The average molecular weight is 498 g/mol. The van der Waals surface area contributed by atoms with Crippen molar-refractivity contribution in [2.75, 3.05) is 5.32 Å². The van der Waals surface area contributed by atoms with Gasteiger partial charge < -0.3 is 5.32 Å². The highest BCUT2D eigenvalue weighted by molar-refractivity contribution is 5.93. The third kappa shape index (κ3) is 4.79. The summed E-state index contributed by atoms with van der Waals surface area (Å²) in [6.07, 6.45) is 0. The molecule has 0 aliphatic rings. The smallest absolute Gasteiger partial charge is 0.0384 e. The Hall–Kier alpha value is -5.14. The van der Waals surface area contributed by atoms with Crippen LogP contribution < -0.4 is 5.32 Å². The van der Waals surface area contributed by atoms with Crippen LogP contribution in [0.5, 0.6) is 0 Å². The summed E-state index contributed by atoms with van der Waals surface area (Å²) in [7, 11) is 0. The summed E-state index contributed by atoms with van der Waals surface area (Å²) >= 11 is 0. The molecule has 0 aromatic heterocycles. The van der Waals surface area contributed by atoms with Crippen molar-refractivity contribution in [3.05, 3.63) is 158 Å². The molecular formula is C38H27N. The molecule has 0 spiro atoms. The lowest BCUT2D eigenvalue weighted by Gasteiger charge is -2.10. The molecule has 0 heterocycles. The zero-order valence-corrected chi connectivity index (χ0v) is 21.5. The first-order valence-corrected chi connectivity index (χ1v) is 13.3. The number of rotatable bonds is 5. The van der Waals surface area contributed by atoms with Gasteiger partial charge in [-0.25, -0.2) is 0 Å². The third-order valence-corrected chi connectivity index (χ3v) is 7.42. The first kappa shape index (κ1) is 23.0. The van der Waals surface area contributed by atoms with Crippen molar-refractivity contribution in [2.24, 2.45) is 0 Å². The normalized spacial score (nSPS) is 11.1. The minimum absolute atomic E-state index is 1.08. The molecule has 0 atom stereocenters. The Kier molecular flexibility index (Phi) is 5.88. The Morgan fingerprint density at radius 3 is 1.18 bits per heavy atom. The second kappa shape index (κ2) is 9.96. The van der Waals surface area contributed by atoms with Crippen molar-refractivity contribution >= 4 is 32.9 Å². The quantitative estimate of drug-likeness (QED) is 0.249. The molecule has 0 saturated carbocycles. The van der Waals surface area contributed by atoms with Gasteiger partial charge in [0.05, 0.1) is 0 Å². The Morgan fingerprint density at radius 1 is 0.256 bits per heavy atom. The molecule has 0 bridgehead atoms. The Morgan fingerprint density at radius 2 is 0.615 bits per heavy atom. The standard InChI is InChI=1S/C38H27N/c1-2-6-27(7-3-1)29-16-20-37(21-17-29)39-38-22-18-30(19-23-38)32-12-13-35-26-36(15-14-34(35)25-32)33-11-10-28-8-4-5-9-31(28)24-33/h1-26,39H. The molecule has 0 aliphatic heterocycles. The van der Waals surface area contributed by atoms with Crippen LogP contribution in [0.15, 0.2) is 158 Å². The predicted molar refractivity (Wildman–Crippen MR) is 167 cm³/mol. The fourth-order valence-electron chi connectivity index (χ4n) is 5.26. The van der Waals surface area contributed by atoms with Gasteiger partial charge in [-0.05, 0) is 97.4 Å². The summed E-state index contributed by atoms with van der Waals surface area (Å²) < 4.78 is 0. The minimum atomic E-state index is 1.08. The fourth-order valence-corrected chi connectivity index (χ4v) is 5.26. The van der Waals surface area contributed by atoms with Gasteiger partial charge in [0.1, 0.15) is 0 Å². The Balaban J connectivity index is 1.09. The topological polar surface area (TPSA) is 12.0 Å². The van der Waals surface area contributed by atoms with E-state index < -0.39 is 0 Å². The maximum atomic E-state index is 3.52. The highest BCUT2D eigenvalue weighted by Gasteiger charge is 2.05. The van der Waals surface area contributed by atoms with Gasteiger partial charge >= 0.3 is 0 Å². The van der Waals surface area contributed by atoms with Crippen LogP contribution in [0.4, 0.5) is 11.4 Å². The molecule has 0 saturated heterocycles. The SMILES string of the molecule is c1ccc(-c2ccc(Nc3ccc(-c4ccc5cc(-c6ccc7ccccc7c6)ccc5c4)cc3)cc2)cc1. The van der Waals surface area contributed by atoms with Gasteiger partial charge in [0.15, 0.2) is 0 Å². The van der Waals surface area contributed by atoms with Crippen molar-refractivity contribution < 1.29 is 0 Å². The van der Waals surface area contributed by atoms with E-state index in [2.05, 4.69) is 157 Å². The zero-order chi connectivity index (χ0) is 26.0. The largest absolute Gasteiger partial charge is 0.356 e. The predicted octanol–water partition coefficient (Wildman–Crippen LogP) is 10.7. The van der Waals surface area contributed by atoms with E-state index in [1.165, 1.54) is 54.9 Å². The van der Waals surface area contributed by atoms with Gasteiger partial charge in [0, 0.05) is 11.4 Å². The molecule has 1 N–H and O–H groups in total. The number of anilines is 2. The molecule has 0 amide bonds. The van der Waals surface area contributed by atoms with Crippen molar-refractivity contribution in [3.63, 3.8) is 0 Å². The van der Waals surface area contributed by atoms with Crippen LogP contribution in [0, 0.1) is 0 Å². The van der Waals surface area contributed by atoms with Crippen molar-refractivity contribution in [1.29, 1.82) is 0 Å². The summed E-state index contributed by atoms with van der Waals surface area (Å²) in [5.41, 5.74) is 9.53. The average Bonchev–Trinajstić information content (AvgIpc) is 3.01. The van der Waals surface area contributed by atoms with Gasteiger partial charge in [-0.15, -0.1) is 0 Å². The summed E-state index contributed by atoms with van der Waals surface area (Å²) in [4.78, 5) is 0. The van der Waals surface area contributed by atoms with Crippen LogP contribution in [-0.2, 0) is 0 Å².